The molecule has 5 heteroatoms. The van der Waals surface area contributed by atoms with Crippen LogP contribution in [0.25, 0.3) is 0 Å². The molecule has 110 valence electrons. The average molecular weight is 305 g/mol. The summed E-state index contributed by atoms with van der Waals surface area (Å²) in [5.74, 6) is -0.274. The molecule has 0 aliphatic heterocycles. The molecule has 2 N–H and O–H groups in total. The van der Waals surface area contributed by atoms with E-state index in [0.29, 0.717) is 12.8 Å². The number of nitrogens with zero attached hydrogens (tertiary/aromatic N) is 1. The van der Waals surface area contributed by atoms with Gasteiger partial charge < -0.3 is 10.4 Å². The van der Waals surface area contributed by atoms with Gasteiger partial charge >= 0.3 is 0 Å². The van der Waals surface area contributed by atoms with Crippen LogP contribution in [0.4, 0.5) is 0 Å². The Labute approximate surface area is 128 Å². The van der Waals surface area contributed by atoms with Crippen molar-refractivity contribution in [2.75, 3.05) is 6.61 Å². The summed E-state index contributed by atoms with van der Waals surface area (Å²) < 4.78 is 0. The Morgan fingerprint density at radius 1 is 1.19 bits per heavy atom. The van der Waals surface area contributed by atoms with Crippen LogP contribution in [0.5, 0.6) is 0 Å². The number of hydrogen-bond donors (Lipinski definition) is 2. The third-order valence-corrected chi connectivity index (χ3v) is 3.32. The van der Waals surface area contributed by atoms with Gasteiger partial charge in [0, 0.05) is 6.61 Å². The highest BCUT2D eigenvalue weighted by Gasteiger charge is 2.16. The van der Waals surface area contributed by atoms with Crippen LogP contribution in [0, 0.1) is 0 Å². The Morgan fingerprint density at radius 2 is 1.95 bits per heavy atom. The maximum absolute atomic E-state index is 12.2. The van der Waals surface area contributed by atoms with E-state index in [0.717, 1.165) is 5.56 Å². The Bertz CT molecular complexity index is 590. The Morgan fingerprint density at radius 3 is 2.62 bits per heavy atom. The number of aliphatic hydroxyl groups excluding tert-OH is 1. The zero-order chi connectivity index (χ0) is 15.1. The topological polar surface area (TPSA) is 62.2 Å². The van der Waals surface area contributed by atoms with Gasteiger partial charge in [0.05, 0.1) is 6.04 Å². The Kier molecular flexibility index (Phi) is 5.72. The number of aliphatic hydroxyl groups is 1. The summed E-state index contributed by atoms with van der Waals surface area (Å²) in [6.07, 6.45) is 1.27. The Hall–Kier alpha value is -1.91. The van der Waals surface area contributed by atoms with Crippen molar-refractivity contribution in [3.8, 4) is 0 Å². The third-order valence-electron chi connectivity index (χ3n) is 3.11. The molecule has 1 aromatic heterocycles. The number of aromatic nitrogens is 1. The molecule has 2 aromatic rings. The van der Waals surface area contributed by atoms with Gasteiger partial charge in [0.1, 0.15) is 10.8 Å². The van der Waals surface area contributed by atoms with Crippen molar-refractivity contribution in [2.45, 2.75) is 18.9 Å². The van der Waals surface area contributed by atoms with E-state index < -0.39 is 0 Å². The molecule has 0 fully saturated rings. The van der Waals surface area contributed by atoms with Crippen LogP contribution in [0.15, 0.2) is 48.5 Å². The number of rotatable bonds is 6. The van der Waals surface area contributed by atoms with Gasteiger partial charge in [0.2, 0.25) is 0 Å². The number of carbonyl (C=O) groups excluding carboxylic acids is 1. The van der Waals surface area contributed by atoms with Crippen LogP contribution in [-0.2, 0) is 0 Å². The minimum atomic E-state index is -0.274. The maximum atomic E-state index is 12.2. The predicted molar refractivity (Wildman–Crippen MR) is 82.2 cm³/mol. The number of pyridine rings is 1. The van der Waals surface area contributed by atoms with Crippen LogP contribution in [-0.4, -0.2) is 22.6 Å². The van der Waals surface area contributed by atoms with Gasteiger partial charge in [-0.1, -0.05) is 48.0 Å². The van der Waals surface area contributed by atoms with E-state index in [2.05, 4.69) is 10.3 Å². The summed E-state index contributed by atoms with van der Waals surface area (Å²) in [7, 11) is 0. The molecule has 1 heterocycles. The number of halogens is 1. The quantitative estimate of drug-likeness (QED) is 0.807. The Balaban J connectivity index is 2.13. The molecule has 21 heavy (non-hydrogen) atoms. The summed E-state index contributed by atoms with van der Waals surface area (Å²) in [6, 6.07) is 14.4. The van der Waals surface area contributed by atoms with Gasteiger partial charge in [-0.2, -0.15) is 0 Å². The molecule has 0 saturated carbocycles. The van der Waals surface area contributed by atoms with E-state index in [1.807, 2.05) is 30.3 Å². The van der Waals surface area contributed by atoms with E-state index >= 15 is 0 Å². The number of nitrogens with one attached hydrogen (secondary N) is 1. The van der Waals surface area contributed by atoms with E-state index in [1.54, 1.807) is 18.2 Å². The molecule has 1 aromatic carbocycles. The summed E-state index contributed by atoms with van der Waals surface area (Å²) >= 11 is 5.80. The molecule has 0 radical (unpaired) electrons. The second-order valence-electron chi connectivity index (χ2n) is 4.65. The van der Waals surface area contributed by atoms with Gasteiger partial charge in [-0.15, -0.1) is 0 Å². The first-order chi connectivity index (χ1) is 10.2. The van der Waals surface area contributed by atoms with Crippen LogP contribution in [0.3, 0.4) is 0 Å². The highest BCUT2D eigenvalue weighted by Crippen LogP contribution is 2.19. The molecule has 1 amide bonds. The molecule has 0 spiro atoms. The first kappa shape index (κ1) is 15.5. The van der Waals surface area contributed by atoms with Gasteiger partial charge in [0.25, 0.3) is 5.91 Å². The van der Waals surface area contributed by atoms with Crippen LogP contribution in [0.2, 0.25) is 5.15 Å². The van der Waals surface area contributed by atoms with Crippen molar-refractivity contribution in [3.63, 3.8) is 0 Å². The molecule has 4 nitrogen and oxygen atoms in total. The first-order valence-corrected chi connectivity index (χ1v) is 7.17. The minimum absolute atomic E-state index is 0.0919. The van der Waals surface area contributed by atoms with E-state index in [1.165, 1.54) is 0 Å². The monoisotopic (exact) mass is 304 g/mol. The zero-order valence-electron chi connectivity index (χ0n) is 11.5. The fraction of sp³-hybridized carbons (Fsp3) is 0.250. The molecule has 1 unspecified atom stereocenters. The van der Waals surface area contributed by atoms with Crippen molar-refractivity contribution in [1.29, 1.82) is 0 Å². The normalized spacial score (nSPS) is 11.9. The van der Waals surface area contributed by atoms with E-state index in [9.17, 15) is 4.79 Å². The lowest BCUT2D eigenvalue weighted by Crippen LogP contribution is -2.29. The predicted octanol–water partition coefficient (Wildman–Crippen LogP) is 2.98. The van der Waals surface area contributed by atoms with Gasteiger partial charge in [-0.05, 0) is 30.5 Å². The highest BCUT2D eigenvalue weighted by molar-refractivity contribution is 6.29. The van der Waals surface area contributed by atoms with Crippen LogP contribution < -0.4 is 5.32 Å². The molecule has 0 bridgehead atoms. The molecule has 0 saturated heterocycles. The second kappa shape index (κ2) is 7.76. The largest absolute Gasteiger partial charge is 0.396 e. The first-order valence-electron chi connectivity index (χ1n) is 6.80. The van der Waals surface area contributed by atoms with Crippen molar-refractivity contribution in [1.82, 2.24) is 10.3 Å². The maximum Gasteiger partial charge on any atom is 0.270 e. The SMILES string of the molecule is O=C(NC(CCCO)c1ccccc1)c1cccc(Cl)n1. The summed E-state index contributed by atoms with van der Waals surface area (Å²) in [5, 5.41) is 12.2. The number of benzene rings is 1. The third kappa shape index (κ3) is 4.55. The lowest BCUT2D eigenvalue weighted by Gasteiger charge is -2.18. The fourth-order valence-electron chi connectivity index (χ4n) is 2.07. The smallest absolute Gasteiger partial charge is 0.270 e. The van der Waals surface area contributed by atoms with Gasteiger partial charge in [0.15, 0.2) is 0 Å². The van der Waals surface area contributed by atoms with E-state index in [-0.39, 0.29) is 29.4 Å². The molecular weight excluding hydrogens is 288 g/mol. The molecule has 0 aliphatic carbocycles. The molecule has 1 atom stereocenters. The van der Waals surface area contributed by atoms with Crippen molar-refractivity contribution in [3.05, 3.63) is 64.9 Å². The number of carbonyl (C=O) groups is 1. The van der Waals surface area contributed by atoms with Crippen molar-refractivity contribution >= 4 is 17.5 Å². The lowest BCUT2D eigenvalue weighted by atomic mass is 10.0. The van der Waals surface area contributed by atoms with Crippen molar-refractivity contribution in [2.24, 2.45) is 0 Å². The van der Waals surface area contributed by atoms with Gasteiger partial charge in [-0.25, -0.2) is 4.98 Å². The minimum Gasteiger partial charge on any atom is -0.396 e. The van der Waals surface area contributed by atoms with Crippen LogP contribution >= 0.6 is 11.6 Å². The van der Waals surface area contributed by atoms with Gasteiger partial charge in [-0.3, -0.25) is 4.79 Å². The molecule has 0 aliphatic rings. The number of amides is 1. The molecular formula is C16H17ClN2O2. The summed E-state index contributed by atoms with van der Waals surface area (Å²) in [6.45, 7) is 0.0919. The summed E-state index contributed by atoms with van der Waals surface area (Å²) in [4.78, 5) is 16.3. The zero-order valence-corrected chi connectivity index (χ0v) is 12.3. The highest BCUT2D eigenvalue weighted by atomic mass is 35.5. The average Bonchev–Trinajstić information content (AvgIpc) is 2.52. The van der Waals surface area contributed by atoms with Crippen LogP contribution in [0.1, 0.15) is 34.9 Å². The lowest BCUT2D eigenvalue weighted by molar-refractivity contribution is 0.0927. The summed E-state index contributed by atoms with van der Waals surface area (Å²) in [5.41, 5.74) is 1.29. The standard InChI is InChI=1S/C16H17ClN2O2/c17-15-10-4-8-14(18-15)16(21)19-13(9-5-11-20)12-6-2-1-3-7-12/h1-4,6-8,10,13,20H,5,9,11H2,(H,19,21). The number of hydrogen-bond acceptors (Lipinski definition) is 3. The van der Waals surface area contributed by atoms with E-state index in [4.69, 9.17) is 16.7 Å². The molecule has 2 rings (SSSR count). The fourth-order valence-corrected chi connectivity index (χ4v) is 2.23. The second-order valence-corrected chi connectivity index (χ2v) is 5.04. The van der Waals surface area contributed by atoms with Crippen molar-refractivity contribution < 1.29 is 9.90 Å².